The number of hydrogen-bond donors (Lipinski definition) is 1. The largest absolute Gasteiger partial charge is 0.493 e. The van der Waals surface area contributed by atoms with E-state index in [1.807, 2.05) is 60.7 Å². The van der Waals surface area contributed by atoms with Gasteiger partial charge in [0.2, 0.25) is 0 Å². The summed E-state index contributed by atoms with van der Waals surface area (Å²) >= 11 is 0. The fourth-order valence-electron chi connectivity index (χ4n) is 5.60. The number of aliphatic hydroxyl groups is 1. The van der Waals surface area contributed by atoms with Crippen LogP contribution in [-0.2, 0) is 16.9 Å². The Morgan fingerprint density at radius 1 is 0.763 bits per heavy atom. The molecule has 0 radical (unpaired) electrons. The molecular weight excluding hydrogens is 474 g/mol. The fraction of sp³-hybridized carbons (Fsp3) is 0.273. The molecule has 0 amide bonds. The Balaban J connectivity index is 1.60. The van der Waals surface area contributed by atoms with Crippen molar-refractivity contribution in [3.8, 4) is 11.5 Å². The summed E-state index contributed by atoms with van der Waals surface area (Å²) in [5, 5.41) is 10.6. The summed E-state index contributed by atoms with van der Waals surface area (Å²) < 4.78 is 18.8. The lowest BCUT2D eigenvalue weighted by atomic mass is 9.79. The van der Waals surface area contributed by atoms with Crippen molar-refractivity contribution in [2.75, 3.05) is 27.4 Å². The highest BCUT2D eigenvalue weighted by Crippen LogP contribution is 2.47. The molecule has 1 saturated heterocycles. The first-order chi connectivity index (χ1) is 18.7. The summed E-state index contributed by atoms with van der Waals surface area (Å²) in [4.78, 5) is 2.32. The molecule has 196 valence electrons. The van der Waals surface area contributed by atoms with Crippen LogP contribution in [0.1, 0.15) is 28.7 Å². The molecule has 5 nitrogen and oxygen atoms in total. The summed E-state index contributed by atoms with van der Waals surface area (Å²) in [6.45, 7) is 1.81. The van der Waals surface area contributed by atoms with E-state index in [-0.39, 0.29) is 12.1 Å². The molecule has 0 spiro atoms. The fourth-order valence-corrected chi connectivity index (χ4v) is 5.60. The minimum absolute atomic E-state index is 0.0496. The zero-order valence-corrected chi connectivity index (χ0v) is 22.0. The van der Waals surface area contributed by atoms with Crippen molar-refractivity contribution in [2.24, 2.45) is 0 Å². The van der Waals surface area contributed by atoms with Crippen molar-refractivity contribution < 1.29 is 19.3 Å². The van der Waals surface area contributed by atoms with Gasteiger partial charge in [-0.15, -0.1) is 0 Å². The number of likely N-dealkylation sites (tertiary alicyclic amines) is 1. The molecule has 2 atom stereocenters. The lowest BCUT2D eigenvalue weighted by Crippen LogP contribution is -2.39. The number of ether oxygens (including phenoxy) is 3. The lowest BCUT2D eigenvalue weighted by Gasteiger charge is -2.38. The summed E-state index contributed by atoms with van der Waals surface area (Å²) in [6, 6.07) is 36.9. The average molecular weight is 510 g/mol. The molecule has 1 N–H and O–H groups in total. The number of aliphatic hydroxyl groups excluding tert-OH is 1. The van der Waals surface area contributed by atoms with Crippen molar-refractivity contribution in [3.05, 3.63) is 131 Å². The highest BCUT2D eigenvalue weighted by Gasteiger charge is 2.42. The van der Waals surface area contributed by atoms with Crippen LogP contribution in [0.5, 0.6) is 11.5 Å². The maximum absolute atomic E-state index is 10.6. The molecule has 1 aliphatic rings. The molecule has 5 heteroatoms. The first kappa shape index (κ1) is 26.0. The number of para-hydroxylation sites is 1. The van der Waals surface area contributed by atoms with Crippen molar-refractivity contribution >= 4 is 0 Å². The quantitative estimate of drug-likeness (QED) is 0.280. The molecular formula is C33H35NO4. The number of rotatable bonds is 10. The van der Waals surface area contributed by atoms with Gasteiger partial charge in [-0.3, -0.25) is 4.90 Å². The lowest BCUT2D eigenvalue weighted by molar-refractivity contribution is -0.0181. The third-order valence-electron chi connectivity index (χ3n) is 7.37. The second kappa shape index (κ2) is 11.8. The predicted molar refractivity (Wildman–Crippen MR) is 150 cm³/mol. The Kier molecular flexibility index (Phi) is 8.08. The summed E-state index contributed by atoms with van der Waals surface area (Å²) in [6.07, 6.45) is 0.267. The van der Waals surface area contributed by atoms with Gasteiger partial charge in [0.15, 0.2) is 11.5 Å². The van der Waals surface area contributed by atoms with E-state index in [9.17, 15) is 5.11 Å². The van der Waals surface area contributed by atoms with Crippen molar-refractivity contribution in [1.82, 2.24) is 4.90 Å². The maximum atomic E-state index is 10.6. The maximum Gasteiger partial charge on any atom is 0.167 e. The van der Waals surface area contributed by atoms with E-state index >= 15 is 0 Å². The minimum atomic E-state index is -0.964. The first-order valence-corrected chi connectivity index (χ1v) is 13.1. The Bertz CT molecular complexity index is 1260. The summed E-state index contributed by atoms with van der Waals surface area (Å²) in [7, 11) is 3.31. The van der Waals surface area contributed by atoms with E-state index in [1.54, 1.807) is 14.2 Å². The van der Waals surface area contributed by atoms with Gasteiger partial charge in [-0.05, 0) is 29.2 Å². The van der Waals surface area contributed by atoms with E-state index < -0.39 is 5.60 Å². The van der Waals surface area contributed by atoms with Crippen LogP contribution in [0, 0.1) is 0 Å². The Hall–Kier alpha value is -3.64. The van der Waals surface area contributed by atoms with Gasteiger partial charge in [-0.2, -0.15) is 0 Å². The zero-order chi connectivity index (χ0) is 26.4. The van der Waals surface area contributed by atoms with Crippen LogP contribution in [0.3, 0.4) is 0 Å². The smallest absolute Gasteiger partial charge is 0.167 e. The third-order valence-corrected chi connectivity index (χ3v) is 7.37. The first-order valence-electron chi connectivity index (χ1n) is 13.1. The number of nitrogens with zero attached hydrogens (tertiary/aromatic N) is 1. The minimum Gasteiger partial charge on any atom is -0.493 e. The molecule has 0 aromatic heterocycles. The van der Waals surface area contributed by atoms with Crippen molar-refractivity contribution in [2.45, 2.75) is 30.7 Å². The Morgan fingerprint density at radius 3 is 1.95 bits per heavy atom. The van der Waals surface area contributed by atoms with Gasteiger partial charge < -0.3 is 19.3 Å². The number of β-amino-alcohol motifs (C(OH)–C–C–N with tert-alkyl or cyclic N) is 1. The van der Waals surface area contributed by atoms with E-state index in [4.69, 9.17) is 14.2 Å². The summed E-state index contributed by atoms with van der Waals surface area (Å²) in [5.41, 5.74) is 3.11. The monoisotopic (exact) mass is 509 g/mol. The van der Waals surface area contributed by atoms with Gasteiger partial charge in [0.1, 0.15) is 5.60 Å². The van der Waals surface area contributed by atoms with Crippen molar-refractivity contribution in [1.29, 1.82) is 0 Å². The van der Waals surface area contributed by atoms with Crippen molar-refractivity contribution in [3.63, 3.8) is 0 Å². The molecule has 4 aromatic rings. The van der Waals surface area contributed by atoms with Gasteiger partial charge in [0.05, 0.1) is 26.9 Å². The molecule has 1 aliphatic heterocycles. The third kappa shape index (κ3) is 5.18. The Labute approximate surface area is 225 Å². The topological polar surface area (TPSA) is 51.2 Å². The normalized spacial score (nSPS) is 17.9. The van der Waals surface area contributed by atoms with Gasteiger partial charge in [0.25, 0.3) is 0 Å². The molecule has 4 aromatic carbocycles. The number of methoxy groups -OCH3 is 2. The predicted octanol–water partition coefficient (Wildman–Crippen LogP) is 5.65. The molecule has 0 bridgehead atoms. The van der Waals surface area contributed by atoms with Gasteiger partial charge in [0, 0.05) is 24.7 Å². The van der Waals surface area contributed by atoms with Crippen LogP contribution in [0.2, 0.25) is 0 Å². The molecule has 1 fully saturated rings. The molecule has 0 aliphatic carbocycles. The van der Waals surface area contributed by atoms with Crippen LogP contribution in [0.4, 0.5) is 0 Å². The second-order valence-electron chi connectivity index (χ2n) is 9.72. The van der Waals surface area contributed by atoms with Gasteiger partial charge >= 0.3 is 0 Å². The van der Waals surface area contributed by atoms with E-state index in [0.717, 1.165) is 23.2 Å². The highest BCUT2D eigenvalue weighted by molar-refractivity contribution is 5.57. The second-order valence-corrected chi connectivity index (χ2v) is 9.72. The molecule has 5 rings (SSSR count). The highest BCUT2D eigenvalue weighted by atomic mass is 16.5. The molecule has 0 saturated carbocycles. The molecule has 38 heavy (non-hydrogen) atoms. The standard InChI is InChI=1S/C33H35NO4/c1-36-31-20-12-19-30(32(31)37-2)33(26-15-8-4-9-16-26,27-17-10-5-11-18-27)38-24-28-21-29(35)23-34(28)22-25-13-6-3-7-14-25/h3-20,28-29,35H,21-24H2,1-2H3. The van der Waals surface area contributed by atoms with Gasteiger partial charge in [-0.1, -0.05) is 103 Å². The number of benzene rings is 4. The van der Waals surface area contributed by atoms with E-state index in [2.05, 4.69) is 53.4 Å². The van der Waals surface area contributed by atoms with Crippen LogP contribution >= 0.6 is 0 Å². The van der Waals surface area contributed by atoms with Crippen LogP contribution in [-0.4, -0.2) is 49.5 Å². The van der Waals surface area contributed by atoms with E-state index in [0.29, 0.717) is 31.1 Å². The van der Waals surface area contributed by atoms with E-state index in [1.165, 1.54) is 5.56 Å². The SMILES string of the molecule is COc1cccc(C(OCC2CC(O)CN2Cc2ccccc2)(c2ccccc2)c2ccccc2)c1OC. The Morgan fingerprint density at radius 2 is 1.37 bits per heavy atom. The van der Waals surface area contributed by atoms with Crippen LogP contribution in [0.15, 0.2) is 109 Å². The van der Waals surface area contributed by atoms with Gasteiger partial charge in [-0.25, -0.2) is 0 Å². The molecule has 2 unspecified atom stereocenters. The summed E-state index contributed by atoms with van der Waals surface area (Å²) in [5.74, 6) is 1.28. The average Bonchev–Trinajstić information content (AvgIpc) is 3.33. The van der Waals surface area contributed by atoms with Crippen LogP contribution < -0.4 is 9.47 Å². The van der Waals surface area contributed by atoms with Crippen LogP contribution in [0.25, 0.3) is 0 Å². The zero-order valence-electron chi connectivity index (χ0n) is 22.0. The molecule has 1 heterocycles. The number of hydrogen-bond acceptors (Lipinski definition) is 5.